The number of aryl methyl sites for hydroxylation is 1. The normalized spacial score (nSPS) is 17.3. The molecule has 2 atom stereocenters. The van der Waals surface area contributed by atoms with Crippen LogP contribution >= 0.6 is 34.8 Å². The van der Waals surface area contributed by atoms with Gasteiger partial charge in [0.1, 0.15) is 11.3 Å². The third-order valence-corrected chi connectivity index (χ3v) is 6.22. The number of hydrogen-bond acceptors (Lipinski definition) is 3. The van der Waals surface area contributed by atoms with E-state index in [0.717, 1.165) is 35.1 Å². The van der Waals surface area contributed by atoms with E-state index in [1.165, 1.54) is 0 Å². The zero-order valence-corrected chi connectivity index (χ0v) is 17.8. The molecule has 0 saturated heterocycles. The number of benzene rings is 1. The van der Waals surface area contributed by atoms with Crippen LogP contribution in [0.1, 0.15) is 30.0 Å². The maximum absolute atomic E-state index is 11.0. The molecule has 2 heterocycles. The molecule has 1 aliphatic rings. The number of rotatable bonds is 5. The van der Waals surface area contributed by atoms with E-state index >= 15 is 0 Å². The van der Waals surface area contributed by atoms with Gasteiger partial charge >= 0.3 is 0 Å². The Morgan fingerprint density at radius 2 is 2.00 bits per heavy atom. The second-order valence-corrected chi connectivity index (χ2v) is 8.45. The second kappa shape index (κ2) is 8.74. The summed E-state index contributed by atoms with van der Waals surface area (Å²) in [6.45, 7) is 0. The molecule has 2 unspecified atom stereocenters. The van der Waals surface area contributed by atoms with Gasteiger partial charge < -0.3 is 5.11 Å². The third kappa shape index (κ3) is 4.42. The number of aromatic hydroxyl groups is 1. The van der Waals surface area contributed by atoms with Gasteiger partial charge in [0.2, 0.25) is 0 Å². The maximum Gasteiger partial charge on any atom is 0.145 e. The van der Waals surface area contributed by atoms with Crippen molar-refractivity contribution in [3.63, 3.8) is 0 Å². The highest BCUT2D eigenvalue weighted by Crippen LogP contribution is 2.40. The van der Waals surface area contributed by atoms with Crippen molar-refractivity contribution in [3.8, 4) is 5.75 Å². The summed E-state index contributed by atoms with van der Waals surface area (Å²) in [5.41, 5.74) is 3.45. The van der Waals surface area contributed by atoms with E-state index in [9.17, 15) is 5.11 Å². The number of phenols is 1. The fourth-order valence-corrected chi connectivity index (χ4v) is 4.12. The van der Waals surface area contributed by atoms with E-state index < -0.39 is 0 Å². The molecule has 0 bridgehead atoms. The van der Waals surface area contributed by atoms with Gasteiger partial charge in [0.15, 0.2) is 0 Å². The fraction of sp³-hybridized carbons (Fsp3) is 0.217. The van der Waals surface area contributed by atoms with Crippen LogP contribution in [0.15, 0.2) is 66.5 Å². The Bertz CT molecular complexity index is 1110. The molecule has 29 heavy (non-hydrogen) atoms. The van der Waals surface area contributed by atoms with Gasteiger partial charge in [-0.25, -0.2) is 0 Å². The van der Waals surface area contributed by atoms with Crippen LogP contribution in [-0.4, -0.2) is 20.5 Å². The minimum atomic E-state index is -0.0157. The number of pyridine rings is 2. The highest BCUT2D eigenvalue weighted by Gasteiger charge is 2.22. The van der Waals surface area contributed by atoms with Gasteiger partial charge in [-0.15, -0.1) is 11.6 Å². The SMILES string of the molecule is Oc1c(C(CCc2cc(Cl)c(Cl)cn2)C2=CCC(Cl)C=C2)ccc2cccnc12. The Hall–Kier alpha value is -2.07. The number of hydrogen-bond donors (Lipinski definition) is 1. The zero-order chi connectivity index (χ0) is 20.4. The first-order chi connectivity index (χ1) is 14.0. The predicted octanol–water partition coefficient (Wildman–Crippen LogP) is 6.85. The van der Waals surface area contributed by atoms with Gasteiger partial charge in [0.05, 0.1) is 15.4 Å². The summed E-state index contributed by atoms with van der Waals surface area (Å²) in [5.74, 6) is 0.204. The zero-order valence-electron chi connectivity index (χ0n) is 15.5. The molecule has 0 fully saturated rings. The standard InChI is InChI=1S/C23H19Cl3N2O/c24-16-6-3-14(4-7-16)18(10-8-17-12-20(25)21(26)13-28-17)19-9-5-15-2-1-11-27-22(15)23(19)29/h1-6,9,11-13,16,18,29H,7-8,10H2. The quantitative estimate of drug-likeness (QED) is 0.437. The van der Waals surface area contributed by atoms with Crippen molar-refractivity contribution in [2.75, 3.05) is 0 Å². The van der Waals surface area contributed by atoms with Gasteiger partial charge in [0.25, 0.3) is 0 Å². The first-order valence-corrected chi connectivity index (χ1v) is 10.6. The molecule has 3 nitrogen and oxygen atoms in total. The molecule has 0 aliphatic heterocycles. The average Bonchev–Trinajstić information content (AvgIpc) is 2.73. The Kier molecular flexibility index (Phi) is 6.09. The monoisotopic (exact) mass is 444 g/mol. The van der Waals surface area contributed by atoms with Crippen LogP contribution in [0.25, 0.3) is 10.9 Å². The molecular weight excluding hydrogens is 427 g/mol. The van der Waals surface area contributed by atoms with Gasteiger partial charge in [-0.3, -0.25) is 9.97 Å². The lowest BCUT2D eigenvalue weighted by atomic mass is 9.83. The van der Waals surface area contributed by atoms with E-state index in [1.54, 1.807) is 18.5 Å². The summed E-state index contributed by atoms with van der Waals surface area (Å²) < 4.78 is 0. The molecule has 1 aliphatic carbocycles. The van der Waals surface area contributed by atoms with Crippen LogP contribution in [-0.2, 0) is 6.42 Å². The van der Waals surface area contributed by atoms with Crippen molar-refractivity contribution < 1.29 is 5.11 Å². The lowest BCUT2D eigenvalue weighted by Gasteiger charge is -2.23. The Labute approximate surface area is 184 Å². The molecule has 0 saturated carbocycles. The smallest absolute Gasteiger partial charge is 0.145 e. The van der Waals surface area contributed by atoms with E-state index in [1.807, 2.05) is 30.3 Å². The van der Waals surface area contributed by atoms with Crippen molar-refractivity contribution in [2.45, 2.75) is 30.6 Å². The van der Waals surface area contributed by atoms with Crippen molar-refractivity contribution in [3.05, 3.63) is 87.8 Å². The van der Waals surface area contributed by atoms with Crippen LogP contribution in [0.4, 0.5) is 0 Å². The molecule has 2 aromatic heterocycles. The highest BCUT2D eigenvalue weighted by molar-refractivity contribution is 6.41. The Balaban J connectivity index is 1.70. The van der Waals surface area contributed by atoms with Crippen LogP contribution in [0.3, 0.4) is 0 Å². The first-order valence-electron chi connectivity index (χ1n) is 9.42. The van der Waals surface area contributed by atoms with E-state index in [2.05, 4.69) is 22.1 Å². The van der Waals surface area contributed by atoms with Crippen LogP contribution in [0, 0.1) is 0 Å². The molecule has 0 spiro atoms. The molecule has 3 aromatic rings. The third-order valence-electron chi connectivity index (χ3n) is 5.19. The molecule has 4 rings (SSSR count). The molecular formula is C23H19Cl3N2O. The summed E-state index contributed by atoms with van der Waals surface area (Å²) in [5, 5.41) is 12.8. The molecule has 0 radical (unpaired) electrons. The minimum absolute atomic E-state index is 0.00278. The van der Waals surface area contributed by atoms with Gasteiger partial charge in [-0.05, 0) is 37.0 Å². The highest BCUT2D eigenvalue weighted by atomic mass is 35.5. The fourth-order valence-electron chi connectivity index (χ4n) is 3.68. The number of nitrogens with zero attached hydrogens (tertiary/aromatic N) is 2. The summed E-state index contributed by atoms with van der Waals surface area (Å²) in [4.78, 5) is 8.75. The molecule has 0 amide bonds. The molecule has 6 heteroatoms. The lowest BCUT2D eigenvalue weighted by Crippen LogP contribution is -2.08. The number of aromatic nitrogens is 2. The molecule has 148 valence electrons. The first kappa shape index (κ1) is 20.2. The number of alkyl halides is 1. The number of halogens is 3. The largest absolute Gasteiger partial charge is 0.505 e. The Morgan fingerprint density at radius 3 is 2.76 bits per heavy atom. The van der Waals surface area contributed by atoms with Gasteiger partial charge in [-0.2, -0.15) is 0 Å². The topological polar surface area (TPSA) is 46.0 Å². The lowest BCUT2D eigenvalue weighted by molar-refractivity contribution is 0.467. The number of phenolic OH excluding ortho intramolecular Hbond substituents is 1. The molecule has 1 N–H and O–H groups in total. The summed E-state index contributed by atoms with van der Waals surface area (Å²) >= 11 is 18.3. The van der Waals surface area contributed by atoms with Crippen LogP contribution in [0.2, 0.25) is 10.0 Å². The van der Waals surface area contributed by atoms with Crippen LogP contribution in [0.5, 0.6) is 5.75 Å². The Morgan fingerprint density at radius 1 is 1.14 bits per heavy atom. The van der Waals surface area contributed by atoms with Gasteiger partial charge in [0, 0.05) is 35.0 Å². The number of fused-ring (bicyclic) bond motifs is 1. The predicted molar refractivity (Wildman–Crippen MR) is 120 cm³/mol. The molecule has 1 aromatic carbocycles. The maximum atomic E-state index is 11.0. The van der Waals surface area contributed by atoms with Crippen molar-refractivity contribution >= 4 is 45.7 Å². The van der Waals surface area contributed by atoms with E-state index in [4.69, 9.17) is 34.8 Å². The van der Waals surface area contributed by atoms with Gasteiger partial charge in [-0.1, -0.05) is 59.6 Å². The summed E-state index contributed by atoms with van der Waals surface area (Å²) in [6.07, 6.45) is 11.7. The second-order valence-electron chi connectivity index (χ2n) is 7.07. The van der Waals surface area contributed by atoms with Crippen molar-refractivity contribution in [1.29, 1.82) is 0 Å². The summed E-state index contributed by atoms with van der Waals surface area (Å²) in [6, 6.07) is 9.58. The number of allylic oxidation sites excluding steroid dienone is 4. The average molecular weight is 446 g/mol. The van der Waals surface area contributed by atoms with Crippen molar-refractivity contribution in [1.82, 2.24) is 9.97 Å². The van der Waals surface area contributed by atoms with Crippen LogP contribution < -0.4 is 0 Å². The minimum Gasteiger partial charge on any atom is -0.505 e. The van der Waals surface area contributed by atoms with Crippen molar-refractivity contribution in [2.24, 2.45) is 0 Å². The summed E-state index contributed by atoms with van der Waals surface area (Å²) in [7, 11) is 0. The van der Waals surface area contributed by atoms with E-state index in [0.29, 0.717) is 22.0 Å². The van der Waals surface area contributed by atoms with E-state index in [-0.39, 0.29) is 17.0 Å².